The predicted molar refractivity (Wildman–Crippen MR) is 82.7 cm³/mol. The van der Waals surface area contributed by atoms with Gasteiger partial charge in [-0.3, -0.25) is 4.57 Å². The average Bonchev–Trinajstić information content (AvgIpc) is 2.39. The fourth-order valence-corrected chi connectivity index (χ4v) is 3.04. The zero-order valence-corrected chi connectivity index (χ0v) is 13.7. The molecule has 0 N–H and O–H groups in total. The van der Waals surface area contributed by atoms with Gasteiger partial charge < -0.3 is 18.8 Å². The van der Waals surface area contributed by atoms with Gasteiger partial charge in [0.15, 0.2) is 0 Å². The Morgan fingerprint density at radius 3 is 1.75 bits per heavy atom. The van der Waals surface area contributed by atoms with Crippen LogP contribution in [-0.4, -0.2) is 64.3 Å². The van der Waals surface area contributed by atoms with Gasteiger partial charge in [-0.2, -0.15) is 0 Å². The highest BCUT2D eigenvalue weighted by Crippen LogP contribution is 2.46. The molecule has 1 aromatic rings. The number of hydrogen-bond acceptors (Lipinski definition) is 5. The smallest absolute Gasteiger partial charge is 0.307 e. The summed E-state index contributed by atoms with van der Waals surface area (Å²) in [5, 5.41) is 0.609. The normalized spacial score (nSPS) is 12.3. The molecule has 0 saturated carbocycles. The van der Waals surface area contributed by atoms with E-state index in [1.165, 1.54) is 0 Å². The molecule has 0 aliphatic heterocycles. The quantitative estimate of drug-likeness (QED) is 0.649. The summed E-state index contributed by atoms with van der Waals surface area (Å²) in [6.07, 6.45) is 0. The van der Waals surface area contributed by atoms with Gasteiger partial charge in [0.1, 0.15) is 0 Å². The van der Waals surface area contributed by atoms with Crippen LogP contribution in [-0.2, 0) is 13.6 Å². The molecule has 0 heterocycles. The van der Waals surface area contributed by atoms with Gasteiger partial charge in [0.2, 0.25) is 0 Å². The van der Waals surface area contributed by atoms with E-state index in [0.717, 1.165) is 0 Å². The molecule has 0 spiro atoms. The summed E-state index contributed by atoms with van der Waals surface area (Å²) in [5.74, 6) is 0. The highest BCUT2D eigenvalue weighted by atomic mass is 31.2. The maximum absolute atomic E-state index is 12.9. The van der Waals surface area contributed by atoms with Gasteiger partial charge in [-0.05, 0) is 40.3 Å². The SMILES string of the molecule is CN(C)CCOP(=O)(OCCN(C)C)c1ccccc1. The molecule has 1 rings (SSSR count). The summed E-state index contributed by atoms with van der Waals surface area (Å²) in [6.45, 7) is 2.16. The molecule has 0 aliphatic rings. The summed E-state index contributed by atoms with van der Waals surface area (Å²) in [7, 11) is 4.56. The topological polar surface area (TPSA) is 42.0 Å². The lowest BCUT2D eigenvalue weighted by molar-refractivity contribution is 0.185. The van der Waals surface area contributed by atoms with Gasteiger partial charge in [0.25, 0.3) is 0 Å². The van der Waals surface area contributed by atoms with Crippen molar-refractivity contribution in [3.05, 3.63) is 30.3 Å². The van der Waals surface area contributed by atoms with Crippen LogP contribution >= 0.6 is 7.60 Å². The van der Waals surface area contributed by atoms with Crippen LogP contribution in [0.2, 0.25) is 0 Å². The van der Waals surface area contributed by atoms with E-state index in [1.807, 2.05) is 56.2 Å². The first-order chi connectivity index (χ1) is 9.44. The van der Waals surface area contributed by atoms with Crippen LogP contribution in [0, 0.1) is 0 Å². The van der Waals surface area contributed by atoms with Crippen molar-refractivity contribution in [1.82, 2.24) is 9.80 Å². The van der Waals surface area contributed by atoms with Crippen molar-refractivity contribution >= 4 is 12.9 Å². The summed E-state index contributed by atoms with van der Waals surface area (Å²) in [5.41, 5.74) is 0. The van der Waals surface area contributed by atoms with Crippen LogP contribution in [0.1, 0.15) is 0 Å². The van der Waals surface area contributed by atoms with Gasteiger partial charge in [-0.15, -0.1) is 0 Å². The highest BCUT2D eigenvalue weighted by Gasteiger charge is 2.27. The van der Waals surface area contributed by atoms with Gasteiger partial charge in [-0.1, -0.05) is 18.2 Å². The maximum atomic E-state index is 12.9. The lowest BCUT2D eigenvalue weighted by Crippen LogP contribution is -2.22. The molecule has 0 bridgehead atoms. The Labute approximate surface area is 122 Å². The van der Waals surface area contributed by atoms with Crippen LogP contribution in [0.25, 0.3) is 0 Å². The average molecular weight is 300 g/mol. The molecule has 6 heteroatoms. The molecule has 0 amide bonds. The van der Waals surface area contributed by atoms with Crippen LogP contribution in [0.3, 0.4) is 0 Å². The molecule has 20 heavy (non-hydrogen) atoms. The molecule has 0 saturated heterocycles. The zero-order chi connectivity index (χ0) is 15.0. The van der Waals surface area contributed by atoms with Crippen molar-refractivity contribution < 1.29 is 13.6 Å². The second-order valence-corrected chi connectivity index (χ2v) is 7.13. The van der Waals surface area contributed by atoms with Crippen molar-refractivity contribution in [3.63, 3.8) is 0 Å². The lowest BCUT2D eigenvalue weighted by Gasteiger charge is -2.21. The minimum absolute atomic E-state index is 0.376. The summed E-state index contributed by atoms with van der Waals surface area (Å²) < 4.78 is 24.1. The summed E-state index contributed by atoms with van der Waals surface area (Å²) in [4.78, 5) is 3.96. The molecule has 0 atom stereocenters. The number of hydrogen-bond donors (Lipinski definition) is 0. The van der Waals surface area contributed by atoms with Gasteiger partial charge in [0.05, 0.1) is 18.5 Å². The van der Waals surface area contributed by atoms with E-state index in [-0.39, 0.29) is 0 Å². The van der Waals surface area contributed by atoms with Gasteiger partial charge >= 0.3 is 7.60 Å². The van der Waals surface area contributed by atoms with Gasteiger partial charge in [0, 0.05) is 13.1 Å². The largest absolute Gasteiger partial charge is 0.361 e. The molecule has 1 aromatic carbocycles. The number of likely N-dealkylation sites (N-methyl/N-ethyl adjacent to an activating group) is 2. The number of benzene rings is 1. The monoisotopic (exact) mass is 300 g/mol. The highest BCUT2D eigenvalue weighted by molar-refractivity contribution is 7.62. The molecular weight excluding hydrogens is 275 g/mol. The van der Waals surface area contributed by atoms with Crippen LogP contribution in [0.5, 0.6) is 0 Å². The minimum atomic E-state index is -3.24. The van der Waals surface area contributed by atoms with E-state index >= 15 is 0 Å². The molecule has 114 valence electrons. The molecule has 0 aromatic heterocycles. The Bertz CT molecular complexity index is 406. The zero-order valence-electron chi connectivity index (χ0n) is 12.8. The Balaban J connectivity index is 2.70. The van der Waals surface area contributed by atoms with Crippen molar-refractivity contribution in [3.8, 4) is 0 Å². The van der Waals surface area contributed by atoms with Crippen molar-refractivity contribution in [2.24, 2.45) is 0 Å². The third-order valence-corrected chi connectivity index (χ3v) is 4.65. The Morgan fingerprint density at radius 1 is 0.900 bits per heavy atom. The Morgan fingerprint density at radius 2 is 1.35 bits per heavy atom. The molecule has 0 unspecified atom stereocenters. The van der Waals surface area contributed by atoms with Crippen molar-refractivity contribution in [1.29, 1.82) is 0 Å². The fraction of sp³-hybridized carbons (Fsp3) is 0.571. The predicted octanol–water partition coefficient (Wildman–Crippen LogP) is 1.66. The minimum Gasteiger partial charge on any atom is -0.307 e. The molecule has 0 fully saturated rings. The Kier molecular flexibility index (Phi) is 7.41. The van der Waals surface area contributed by atoms with Crippen LogP contribution in [0.4, 0.5) is 0 Å². The Hall–Kier alpha value is -0.710. The van der Waals surface area contributed by atoms with E-state index in [1.54, 1.807) is 12.1 Å². The third kappa shape index (κ3) is 6.16. The lowest BCUT2D eigenvalue weighted by atomic mass is 10.4. The second kappa shape index (κ2) is 8.55. The second-order valence-electron chi connectivity index (χ2n) is 5.11. The van der Waals surface area contributed by atoms with E-state index in [9.17, 15) is 4.57 Å². The van der Waals surface area contributed by atoms with E-state index in [4.69, 9.17) is 9.05 Å². The first kappa shape index (κ1) is 17.3. The third-order valence-electron chi connectivity index (χ3n) is 2.67. The van der Waals surface area contributed by atoms with Crippen LogP contribution in [0.15, 0.2) is 30.3 Å². The standard InChI is InChI=1S/C14H25N2O3P/c1-15(2)10-12-18-20(17,19-13-11-16(3)4)14-8-6-5-7-9-14/h5-9H,10-13H2,1-4H3. The van der Waals surface area contributed by atoms with Gasteiger partial charge in [-0.25, -0.2) is 0 Å². The number of rotatable bonds is 9. The van der Waals surface area contributed by atoms with Crippen LogP contribution < -0.4 is 5.30 Å². The molecule has 0 aliphatic carbocycles. The first-order valence-corrected chi connectivity index (χ1v) is 8.22. The molecule has 5 nitrogen and oxygen atoms in total. The first-order valence-electron chi connectivity index (χ1n) is 6.68. The molecular formula is C14H25N2O3P. The van der Waals surface area contributed by atoms with E-state index in [0.29, 0.717) is 31.6 Å². The fourth-order valence-electron chi connectivity index (χ4n) is 1.48. The van der Waals surface area contributed by atoms with Crippen molar-refractivity contribution in [2.75, 3.05) is 54.5 Å². The van der Waals surface area contributed by atoms with E-state index in [2.05, 4.69) is 0 Å². The van der Waals surface area contributed by atoms with Crippen molar-refractivity contribution in [2.45, 2.75) is 0 Å². The maximum Gasteiger partial charge on any atom is 0.361 e. The number of nitrogens with zero attached hydrogens (tertiary/aromatic N) is 2. The summed E-state index contributed by atoms with van der Waals surface area (Å²) in [6, 6.07) is 9.13. The van der Waals surface area contributed by atoms with E-state index < -0.39 is 7.60 Å². The molecule has 0 radical (unpaired) electrons. The summed E-state index contributed by atoms with van der Waals surface area (Å²) >= 11 is 0.